The van der Waals surface area contributed by atoms with Crippen molar-refractivity contribution in [3.05, 3.63) is 35.4 Å². The highest BCUT2D eigenvalue weighted by Gasteiger charge is 2.40. The van der Waals surface area contributed by atoms with Gasteiger partial charge in [-0.2, -0.15) is 0 Å². The van der Waals surface area contributed by atoms with Gasteiger partial charge in [0.1, 0.15) is 6.04 Å². The monoisotopic (exact) mass is 388 g/mol. The summed E-state index contributed by atoms with van der Waals surface area (Å²) >= 11 is 1.66. The number of aliphatic hydroxyl groups is 1. The van der Waals surface area contributed by atoms with E-state index in [0.29, 0.717) is 30.5 Å². The van der Waals surface area contributed by atoms with E-state index in [-0.39, 0.29) is 30.5 Å². The molecule has 6 heteroatoms. The van der Waals surface area contributed by atoms with E-state index in [2.05, 4.69) is 24.3 Å². The van der Waals surface area contributed by atoms with Crippen molar-refractivity contribution >= 4 is 23.6 Å². The zero-order chi connectivity index (χ0) is 18.8. The van der Waals surface area contributed by atoms with Gasteiger partial charge in [-0.05, 0) is 49.1 Å². The topological polar surface area (TPSA) is 60.9 Å². The Morgan fingerprint density at radius 3 is 2.78 bits per heavy atom. The van der Waals surface area contributed by atoms with Gasteiger partial charge < -0.3 is 14.9 Å². The van der Waals surface area contributed by atoms with Crippen LogP contribution in [-0.2, 0) is 22.4 Å². The van der Waals surface area contributed by atoms with Crippen LogP contribution in [0.5, 0.6) is 0 Å². The van der Waals surface area contributed by atoms with Crippen LogP contribution < -0.4 is 0 Å². The molecule has 0 aromatic heterocycles. The van der Waals surface area contributed by atoms with E-state index >= 15 is 0 Å². The van der Waals surface area contributed by atoms with Crippen LogP contribution in [0.25, 0.3) is 0 Å². The van der Waals surface area contributed by atoms with Gasteiger partial charge in [0, 0.05) is 18.7 Å². The highest BCUT2D eigenvalue weighted by Crippen LogP contribution is 2.31. The number of benzene rings is 1. The lowest BCUT2D eigenvalue weighted by atomic mass is 9.82. The zero-order valence-corrected chi connectivity index (χ0v) is 16.5. The fourth-order valence-electron chi connectivity index (χ4n) is 4.71. The van der Waals surface area contributed by atoms with Gasteiger partial charge in [-0.25, -0.2) is 0 Å². The van der Waals surface area contributed by atoms with E-state index in [1.807, 2.05) is 0 Å². The smallest absolute Gasteiger partial charge is 0.246 e. The van der Waals surface area contributed by atoms with Crippen LogP contribution in [0.1, 0.15) is 36.8 Å². The molecule has 5 nitrogen and oxygen atoms in total. The first-order chi connectivity index (χ1) is 13.2. The predicted molar refractivity (Wildman–Crippen MR) is 106 cm³/mol. The van der Waals surface area contributed by atoms with Crippen LogP contribution >= 0.6 is 11.8 Å². The number of nitrogens with zero attached hydrogens (tertiary/aromatic N) is 2. The highest BCUT2D eigenvalue weighted by molar-refractivity contribution is 7.99. The molecule has 3 atom stereocenters. The number of rotatable bonds is 4. The summed E-state index contributed by atoms with van der Waals surface area (Å²) in [5.41, 5.74) is 2.78. The molecular weight excluding hydrogens is 360 g/mol. The van der Waals surface area contributed by atoms with Gasteiger partial charge in [0.05, 0.1) is 18.5 Å². The van der Waals surface area contributed by atoms with Crippen molar-refractivity contribution in [1.82, 2.24) is 9.80 Å². The van der Waals surface area contributed by atoms with Crippen LogP contribution in [0, 0.1) is 5.92 Å². The molecular formula is C21H28N2O3S. The number of likely N-dealkylation sites (tertiary alicyclic amines) is 1. The number of amides is 2. The molecule has 1 aromatic carbocycles. The van der Waals surface area contributed by atoms with Crippen LogP contribution in [-0.4, -0.2) is 63.6 Å². The molecule has 0 radical (unpaired) electrons. The maximum atomic E-state index is 13.0. The molecule has 1 aliphatic carbocycles. The first-order valence-corrected chi connectivity index (χ1v) is 11.2. The van der Waals surface area contributed by atoms with E-state index in [4.69, 9.17) is 0 Å². The standard InChI is InChI=1S/C21H28N2O3S/c24-12-18-6-3-9-22(18)21(26)19-13-27-14-23(19)20(25)11-15-7-8-16-4-1-2-5-17(16)10-15/h1-2,4-5,15,18-19,24H,3,6-14H2/t15-,18-,19-/m0/s1. The number of hydrogen-bond acceptors (Lipinski definition) is 4. The molecule has 2 heterocycles. The third kappa shape index (κ3) is 3.87. The van der Waals surface area contributed by atoms with Gasteiger partial charge in [-0.15, -0.1) is 11.8 Å². The van der Waals surface area contributed by atoms with E-state index < -0.39 is 0 Å². The minimum absolute atomic E-state index is 0.0149. The number of fused-ring (bicyclic) bond motifs is 1. The molecule has 2 amide bonds. The maximum absolute atomic E-state index is 13.0. The second kappa shape index (κ2) is 8.23. The summed E-state index contributed by atoms with van der Waals surface area (Å²) < 4.78 is 0. The molecule has 2 aliphatic heterocycles. The molecule has 27 heavy (non-hydrogen) atoms. The number of carbonyl (C=O) groups is 2. The minimum atomic E-state index is -0.356. The van der Waals surface area contributed by atoms with Gasteiger partial charge in [-0.1, -0.05) is 24.3 Å². The lowest BCUT2D eigenvalue weighted by molar-refractivity contribution is -0.144. The normalized spacial score (nSPS) is 27.7. The third-order valence-electron chi connectivity index (χ3n) is 6.27. The van der Waals surface area contributed by atoms with Gasteiger partial charge >= 0.3 is 0 Å². The fourth-order valence-corrected chi connectivity index (χ4v) is 5.88. The summed E-state index contributed by atoms with van der Waals surface area (Å²) in [5, 5.41) is 9.52. The summed E-state index contributed by atoms with van der Waals surface area (Å²) in [6, 6.07) is 8.09. The molecule has 0 bridgehead atoms. The largest absolute Gasteiger partial charge is 0.394 e. The van der Waals surface area contributed by atoms with Crippen LogP contribution in [0.3, 0.4) is 0 Å². The minimum Gasteiger partial charge on any atom is -0.394 e. The van der Waals surface area contributed by atoms with Crippen LogP contribution in [0.4, 0.5) is 0 Å². The molecule has 1 N–H and O–H groups in total. The number of carbonyl (C=O) groups excluding carboxylic acids is 2. The van der Waals surface area contributed by atoms with E-state index in [1.165, 1.54) is 11.1 Å². The van der Waals surface area contributed by atoms with E-state index in [0.717, 1.165) is 32.1 Å². The zero-order valence-electron chi connectivity index (χ0n) is 15.7. The lowest BCUT2D eigenvalue weighted by Crippen LogP contribution is -2.51. The van der Waals surface area contributed by atoms with Crippen molar-refractivity contribution in [2.75, 3.05) is 24.8 Å². The second-order valence-corrected chi connectivity index (χ2v) is 8.97. The molecule has 4 rings (SSSR count). The number of aryl methyl sites for hydroxylation is 1. The van der Waals surface area contributed by atoms with Gasteiger partial charge in [0.15, 0.2) is 0 Å². The highest BCUT2D eigenvalue weighted by atomic mass is 32.2. The van der Waals surface area contributed by atoms with Gasteiger partial charge in [0.25, 0.3) is 0 Å². The van der Waals surface area contributed by atoms with Crippen molar-refractivity contribution < 1.29 is 14.7 Å². The molecule has 0 saturated carbocycles. The Morgan fingerprint density at radius 1 is 1.15 bits per heavy atom. The second-order valence-electron chi connectivity index (χ2n) is 7.97. The van der Waals surface area contributed by atoms with Crippen molar-refractivity contribution in [3.8, 4) is 0 Å². The van der Waals surface area contributed by atoms with Crippen LogP contribution in [0.2, 0.25) is 0 Å². The van der Waals surface area contributed by atoms with Crippen molar-refractivity contribution in [2.45, 2.75) is 50.6 Å². The molecule has 1 aromatic rings. The molecule has 0 spiro atoms. The van der Waals surface area contributed by atoms with Crippen LogP contribution in [0.15, 0.2) is 24.3 Å². The average molecular weight is 389 g/mol. The Labute approximate surface area is 165 Å². The summed E-state index contributed by atoms with van der Waals surface area (Å²) in [6.07, 6.45) is 5.37. The van der Waals surface area contributed by atoms with E-state index in [1.54, 1.807) is 21.6 Å². The van der Waals surface area contributed by atoms with Gasteiger partial charge in [-0.3, -0.25) is 9.59 Å². The Balaban J connectivity index is 1.39. The van der Waals surface area contributed by atoms with Crippen molar-refractivity contribution in [2.24, 2.45) is 5.92 Å². The van der Waals surface area contributed by atoms with Gasteiger partial charge in [0.2, 0.25) is 11.8 Å². The molecule has 2 fully saturated rings. The first kappa shape index (κ1) is 18.8. The molecule has 0 unspecified atom stereocenters. The quantitative estimate of drug-likeness (QED) is 0.858. The average Bonchev–Trinajstić information content (AvgIpc) is 3.36. The Bertz CT molecular complexity index is 710. The summed E-state index contributed by atoms with van der Waals surface area (Å²) in [6.45, 7) is 0.716. The molecule has 146 valence electrons. The predicted octanol–water partition coefficient (Wildman–Crippen LogP) is 2.07. The fraction of sp³-hybridized carbons (Fsp3) is 0.619. The summed E-state index contributed by atoms with van der Waals surface area (Å²) in [5.74, 6) is 1.79. The first-order valence-electron chi connectivity index (χ1n) is 10.0. The Morgan fingerprint density at radius 2 is 1.96 bits per heavy atom. The maximum Gasteiger partial charge on any atom is 0.246 e. The summed E-state index contributed by atoms with van der Waals surface area (Å²) in [4.78, 5) is 29.6. The number of aliphatic hydroxyl groups excluding tert-OH is 1. The summed E-state index contributed by atoms with van der Waals surface area (Å²) in [7, 11) is 0. The van der Waals surface area contributed by atoms with Crippen molar-refractivity contribution in [3.63, 3.8) is 0 Å². The third-order valence-corrected chi connectivity index (χ3v) is 7.28. The molecule has 3 aliphatic rings. The SMILES string of the molecule is O=C([C@@H]1CSCN1C(=O)C[C@H]1CCc2ccccc2C1)N1CCC[C@H]1CO. The van der Waals surface area contributed by atoms with E-state index in [9.17, 15) is 14.7 Å². The number of thioether (sulfide) groups is 1. The lowest BCUT2D eigenvalue weighted by Gasteiger charge is -2.31. The Hall–Kier alpha value is -1.53. The Kier molecular flexibility index (Phi) is 5.74. The molecule has 2 saturated heterocycles. The van der Waals surface area contributed by atoms with Crippen molar-refractivity contribution in [1.29, 1.82) is 0 Å². The number of hydrogen-bond donors (Lipinski definition) is 1.